The average molecular weight is 1740 g/mol. The molecule has 12 aromatic rings. The summed E-state index contributed by atoms with van der Waals surface area (Å²) in [6.45, 7) is 58.0. The molecule has 0 amide bonds. The van der Waals surface area contributed by atoms with Crippen molar-refractivity contribution in [2.45, 2.75) is 258 Å². The minimum absolute atomic E-state index is 0. The van der Waals surface area contributed by atoms with E-state index < -0.39 is 37.3 Å². The van der Waals surface area contributed by atoms with Gasteiger partial charge < -0.3 is 48.0 Å². The van der Waals surface area contributed by atoms with Gasteiger partial charge in [0.05, 0.1) is 52.4 Å². The van der Waals surface area contributed by atoms with Crippen LogP contribution in [-0.2, 0) is 34.7 Å². The summed E-state index contributed by atoms with van der Waals surface area (Å²) in [6.07, 6.45) is 7.00. The van der Waals surface area contributed by atoms with Crippen molar-refractivity contribution in [1.82, 2.24) is 68.1 Å². The Balaban J connectivity index is 0.000000529. The van der Waals surface area contributed by atoms with Crippen molar-refractivity contribution in [3.63, 3.8) is 0 Å². The van der Waals surface area contributed by atoms with Gasteiger partial charge in [-0.2, -0.15) is 15.8 Å². The fourth-order valence-electron chi connectivity index (χ4n) is 12.8. The zero-order chi connectivity index (χ0) is 90.3. The quantitative estimate of drug-likeness (QED) is 0.0346. The number of pyridine rings is 2. The molecule has 0 saturated heterocycles. The first-order chi connectivity index (χ1) is 57.5. The standard InChI is InChI=1S/2C27H46BN6.2C14H12O2.2C5H5N.3C2H3N.2Cr/c2*1-16(2)22-13-25(19(7)8)32(29-22)28(33-26(20(9)10)14-23(30-33)17(3)4)34-27(21(11)12)15-24(31-34)18(5)6;2*15-13(11-7-3-1-4-8-11)14(16)12-9-5-2-6-10-12;2*1-2-4-6-5-3-1;3*1-2-3;;/h2*13-21,28H,1-12H3;2*1-10,15-16H;2*1-5H;3*1H3;;/q2*-1;;;;;;;;2*+3/p-4/b;;2*14-13-;;;;;;;. The van der Waals surface area contributed by atoms with Crippen molar-refractivity contribution in [2.24, 2.45) is 0 Å². The van der Waals surface area contributed by atoms with Crippen molar-refractivity contribution in [1.29, 1.82) is 15.8 Å². The fourth-order valence-corrected chi connectivity index (χ4v) is 12.8. The molecule has 21 nitrogen and oxygen atoms in total. The Kier molecular flexibility index (Phi) is 48.2. The van der Waals surface area contributed by atoms with Crippen LogP contribution in [0.1, 0.15) is 349 Å². The van der Waals surface area contributed by atoms with Crippen LogP contribution in [0.2, 0.25) is 0 Å². The monoisotopic (exact) mass is 1740 g/mol. The van der Waals surface area contributed by atoms with Gasteiger partial charge in [0.1, 0.15) is 0 Å². The van der Waals surface area contributed by atoms with Crippen LogP contribution >= 0.6 is 0 Å². The Morgan fingerprint density at radius 3 is 0.472 bits per heavy atom. The second kappa shape index (κ2) is 55.0. The van der Waals surface area contributed by atoms with Crippen LogP contribution in [0.3, 0.4) is 0 Å². The maximum atomic E-state index is 11.8. The SMILES string of the molecule is CC#N.CC#N.CC#N.CC(C)c1cc(C(C)C)n([BH-](n2nc(C(C)C)cc2C(C)C)n2nc(C(C)C)cc2C(C)C)n1.CC(C)c1cc(C(C)C)n([BH-](n2nc(C(C)C)cc2C(C)C)n2nc(C(C)C)cc2C(C)C)n1.[Cr+3].[Cr+3].[O-]/C(=C(\[O-])c1ccccc1)c1ccccc1.[O-]/C(=C(\[O-])c1ccccc1)c1ccccc1.c1ccncc1.c1ccncc1. The topological polar surface area (TPSA) is 296 Å². The minimum atomic E-state index is -1.46. The van der Waals surface area contributed by atoms with E-state index in [0.717, 1.165) is 34.2 Å². The number of aromatic nitrogens is 14. The molecule has 0 N–H and O–H groups in total. The molecule has 0 unspecified atom stereocenters. The van der Waals surface area contributed by atoms with Crippen molar-refractivity contribution in [3.05, 3.63) is 309 Å². The predicted molar refractivity (Wildman–Crippen MR) is 491 cm³/mol. The van der Waals surface area contributed by atoms with E-state index in [0.29, 0.717) is 93.3 Å². The zero-order valence-corrected chi connectivity index (χ0v) is 80.2. The van der Waals surface area contributed by atoms with E-state index in [1.54, 1.807) is 140 Å². The Hall–Kier alpha value is -11.2. The summed E-state index contributed by atoms with van der Waals surface area (Å²) in [6, 6.07) is 64.7. The normalized spacial score (nSPS) is 11.2. The molecule has 0 aliphatic rings. The first-order valence-electron chi connectivity index (χ1n) is 42.4. The predicted octanol–water partition coefficient (Wildman–Crippen LogP) is 19.6. The molecule has 8 heterocycles. The first-order valence-corrected chi connectivity index (χ1v) is 42.4. The van der Waals surface area contributed by atoms with Gasteiger partial charge in [0.25, 0.3) is 0 Å². The number of hydrogen-bond donors (Lipinski definition) is 0. The number of benzene rings is 4. The van der Waals surface area contributed by atoms with E-state index >= 15 is 0 Å². The molecular weight excluding hydrogens is 1600 g/mol. The van der Waals surface area contributed by atoms with Gasteiger partial charge in [-0.1, -0.05) is 300 Å². The molecule has 0 aliphatic heterocycles. The molecule has 650 valence electrons. The van der Waals surface area contributed by atoms with Crippen LogP contribution in [-0.4, -0.2) is 82.4 Å². The maximum absolute atomic E-state index is 11.8. The summed E-state index contributed by atoms with van der Waals surface area (Å²) in [5.74, 6) is 2.39. The van der Waals surface area contributed by atoms with E-state index in [1.807, 2.05) is 60.7 Å². The number of rotatable bonds is 22. The fraction of sp³-hybridized carbons (Fsp3) is 0.398. The smallest absolute Gasteiger partial charge is 0.872 e. The van der Waals surface area contributed by atoms with Gasteiger partial charge in [0.2, 0.25) is 0 Å². The maximum Gasteiger partial charge on any atom is 3.00 e. The van der Waals surface area contributed by atoms with Gasteiger partial charge in [-0.15, -0.1) is 23.0 Å². The van der Waals surface area contributed by atoms with Gasteiger partial charge in [-0.05, 0) is 154 Å². The molecule has 4 aromatic carbocycles. The number of nitrogens with zero attached hydrogens (tertiary/aromatic N) is 17. The Labute approximate surface area is 756 Å². The van der Waals surface area contributed by atoms with Crippen LogP contribution in [0.4, 0.5) is 0 Å². The zero-order valence-electron chi connectivity index (χ0n) is 77.7. The summed E-state index contributed by atoms with van der Waals surface area (Å²) < 4.78 is 13.6. The van der Waals surface area contributed by atoms with Crippen LogP contribution < -0.4 is 20.4 Å². The summed E-state index contributed by atoms with van der Waals surface area (Å²) in [7, 11) is -2.92. The van der Waals surface area contributed by atoms with Crippen molar-refractivity contribution in [2.75, 3.05) is 0 Å². The average Bonchev–Trinajstić information content (AvgIpc) is 1.61. The molecule has 0 atom stereocenters. The van der Waals surface area contributed by atoms with Crippen molar-refractivity contribution >= 4 is 37.3 Å². The summed E-state index contributed by atoms with van der Waals surface area (Å²) in [5.41, 5.74) is 16.0. The largest absolute Gasteiger partial charge is 3.00 e. The molecule has 12 rings (SSSR count). The third-order valence-electron chi connectivity index (χ3n) is 19.4. The summed E-state index contributed by atoms with van der Waals surface area (Å²) in [5, 5.41) is 100. The molecule has 0 spiro atoms. The second-order valence-electron chi connectivity index (χ2n) is 33.2. The molecule has 8 aromatic heterocycles. The molecule has 123 heavy (non-hydrogen) atoms. The third kappa shape index (κ3) is 32.5. The van der Waals surface area contributed by atoms with E-state index in [9.17, 15) is 20.4 Å². The summed E-state index contributed by atoms with van der Waals surface area (Å²) in [4.78, 5) is 7.57. The molecule has 0 bridgehead atoms. The molecule has 2 radical (unpaired) electrons. The van der Waals surface area contributed by atoms with Gasteiger partial charge >= 0.3 is 49.0 Å². The number of nitriles is 3. The van der Waals surface area contributed by atoms with E-state index in [4.69, 9.17) is 46.4 Å². The van der Waals surface area contributed by atoms with E-state index in [-0.39, 0.29) is 34.7 Å². The second-order valence-corrected chi connectivity index (χ2v) is 33.2. The molecule has 25 heteroatoms. The Morgan fingerprint density at radius 1 is 0.244 bits per heavy atom. The Bertz CT molecular complexity index is 4390. The summed E-state index contributed by atoms with van der Waals surface area (Å²) >= 11 is 0. The van der Waals surface area contributed by atoms with Gasteiger partial charge in [-0.3, -0.25) is 9.97 Å². The van der Waals surface area contributed by atoms with Crippen molar-refractivity contribution < 1.29 is 55.1 Å². The number of hydrogen-bond acceptors (Lipinski definition) is 15. The third-order valence-corrected chi connectivity index (χ3v) is 19.4. The van der Waals surface area contributed by atoms with Gasteiger partial charge in [0.15, 0.2) is 0 Å². The Morgan fingerprint density at radius 2 is 0.374 bits per heavy atom. The molecule has 0 aliphatic carbocycles. The van der Waals surface area contributed by atoms with Crippen molar-refractivity contribution in [3.8, 4) is 18.2 Å². The molecule has 0 saturated carbocycles. The van der Waals surface area contributed by atoms with E-state index in [1.165, 1.54) is 54.9 Å². The minimum Gasteiger partial charge on any atom is -0.872 e. The molecular formula is C98H131B2Cr2N17O4. The van der Waals surface area contributed by atoms with Crippen LogP contribution in [0, 0.1) is 34.0 Å². The van der Waals surface area contributed by atoms with Gasteiger partial charge in [-0.25, -0.2) is 30.6 Å². The van der Waals surface area contributed by atoms with Crippen LogP contribution in [0.5, 0.6) is 0 Å². The van der Waals surface area contributed by atoms with Gasteiger partial charge in [0, 0.05) is 79.7 Å². The first kappa shape index (κ1) is 108. The van der Waals surface area contributed by atoms with E-state index in [2.05, 4.69) is 240 Å². The molecule has 0 fully saturated rings. The van der Waals surface area contributed by atoms with Crippen LogP contribution in [0.15, 0.2) is 219 Å². The van der Waals surface area contributed by atoms with Crippen LogP contribution in [0.25, 0.3) is 23.0 Å².